The summed E-state index contributed by atoms with van der Waals surface area (Å²) in [5, 5.41) is -0.321. The van der Waals surface area contributed by atoms with Crippen molar-refractivity contribution in [2.45, 2.75) is 21.5 Å². The number of ether oxygens (including phenoxy) is 1. The largest absolute Gasteiger partial charge is 0.456 e. The van der Waals surface area contributed by atoms with Crippen LogP contribution in [0.5, 0.6) is 0 Å². The molecule has 0 aromatic rings. The highest BCUT2D eigenvalue weighted by Crippen LogP contribution is 2.40. The van der Waals surface area contributed by atoms with Crippen LogP contribution >= 0.6 is 58.8 Å². The van der Waals surface area contributed by atoms with Crippen molar-refractivity contribution in [3.8, 4) is 0 Å². The Labute approximate surface area is 135 Å². The number of esters is 1. The van der Waals surface area contributed by atoms with E-state index in [2.05, 4.69) is 0 Å². The molecule has 2 N–H and O–H groups in total. The van der Waals surface area contributed by atoms with Crippen LogP contribution in [0, 0.1) is 0 Å². The fourth-order valence-corrected chi connectivity index (χ4v) is 3.58. The average Bonchev–Trinajstić information content (AvgIpc) is 2.30. The number of thiocarbonyl (C=S) groups is 1. The number of alkyl halides is 3. The van der Waals surface area contributed by atoms with Gasteiger partial charge in [-0.05, 0) is 12.5 Å². The van der Waals surface area contributed by atoms with Crippen molar-refractivity contribution in [2.24, 2.45) is 5.73 Å². The molecule has 1 saturated heterocycles. The van der Waals surface area contributed by atoms with Crippen molar-refractivity contribution in [1.29, 1.82) is 0 Å². The van der Waals surface area contributed by atoms with Gasteiger partial charge in [0.1, 0.15) is 17.7 Å². The maximum Gasteiger partial charge on any atom is 0.354 e. The average molecular weight is 362 g/mol. The minimum atomic E-state index is -1.63. The summed E-state index contributed by atoms with van der Waals surface area (Å²) in [6, 6.07) is 0. The summed E-state index contributed by atoms with van der Waals surface area (Å²) < 4.78 is 3.38. The van der Waals surface area contributed by atoms with Crippen molar-refractivity contribution in [3.05, 3.63) is 11.3 Å². The van der Waals surface area contributed by atoms with Crippen LogP contribution in [0.4, 0.5) is 0 Å². The van der Waals surface area contributed by atoms with E-state index in [1.165, 1.54) is 11.8 Å². The van der Waals surface area contributed by atoms with Gasteiger partial charge in [0, 0.05) is 4.86 Å². The molecule has 0 saturated carbocycles. The molecule has 0 radical (unpaired) electrons. The van der Waals surface area contributed by atoms with Gasteiger partial charge < -0.3 is 15.4 Å². The van der Waals surface area contributed by atoms with Gasteiger partial charge in [-0.3, -0.25) is 0 Å². The normalized spacial score (nSPS) is 27.0. The van der Waals surface area contributed by atoms with Crippen LogP contribution in [0.2, 0.25) is 0 Å². The first-order valence-electron chi connectivity index (χ1n) is 5.36. The van der Waals surface area contributed by atoms with Crippen LogP contribution in [-0.4, -0.2) is 43.4 Å². The molecule has 4 nitrogen and oxygen atoms in total. The van der Waals surface area contributed by atoms with E-state index in [1.807, 2.05) is 4.90 Å². The molecule has 0 spiro atoms. The Balaban J connectivity index is 2.14. The summed E-state index contributed by atoms with van der Waals surface area (Å²) in [6.45, 7) is 2.04. The molecule has 0 aromatic heterocycles. The quantitative estimate of drug-likeness (QED) is 0.462. The molecule has 1 fully saturated rings. The van der Waals surface area contributed by atoms with Crippen molar-refractivity contribution in [3.63, 3.8) is 0 Å². The third-order valence-corrected chi connectivity index (χ3v) is 5.08. The topological polar surface area (TPSA) is 55.6 Å². The van der Waals surface area contributed by atoms with E-state index in [9.17, 15) is 4.79 Å². The first-order valence-corrected chi connectivity index (χ1v) is 7.84. The molecule has 2 aliphatic heterocycles. The third kappa shape index (κ3) is 3.31. The fraction of sp³-hybridized carbons (Fsp3) is 0.600. The fourth-order valence-electron chi connectivity index (χ4n) is 1.83. The van der Waals surface area contributed by atoms with Crippen LogP contribution < -0.4 is 5.73 Å². The molecule has 19 heavy (non-hydrogen) atoms. The summed E-state index contributed by atoms with van der Waals surface area (Å²) in [4.78, 5) is 14.8. The highest BCUT2D eigenvalue weighted by atomic mass is 35.6. The van der Waals surface area contributed by atoms with Crippen molar-refractivity contribution in [1.82, 2.24) is 4.90 Å². The lowest BCUT2D eigenvalue weighted by atomic mass is 10.1. The number of hydrogen-bond donors (Lipinski definition) is 1. The zero-order chi connectivity index (χ0) is 14.4. The summed E-state index contributed by atoms with van der Waals surface area (Å²) in [6.07, 6.45) is 0. The standard InChI is InChI=1S/C10H11Cl3N2O2S2/c1-4-6(9(16)17-3-10(11,12)13)15-2-5(18)8(15)19-7(4)14/h7-8H,2-3,14H2,1H3. The minimum absolute atomic E-state index is 0.0380. The second-order valence-electron chi connectivity index (χ2n) is 4.23. The predicted molar refractivity (Wildman–Crippen MR) is 82.6 cm³/mol. The van der Waals surface area contributed by atoms with Crippen LogP contribution in [-0.2, 0) is 9.53 Å². The number of nitrogens with zero attached hydrogens (tertiary/aromatic N) is 1. The number of rotatable bonds is 2. The number of nitrogens with two attached hydrogens (primary N) is 1. The summed E-state index contributed by atoms with van der Waals surface area (Å²) in [7, 11) is 0. The molecule has 0 bridgehead atoms. The van der Waals surface area contributed by atoms with Gasteiger partial charge in [0.15, 0.2) is 0 Å². The molecular weight excluding hydrogens is 351 g/mol. The molecule has 2 rings (SSSR count). The monoisotopic (exact) mass is 360 g/mol. The first-order chi connectivity index (χ1) is 8.70. The van der Waals surface area contributed by atoms with E-state index in [-0.39, 0.29) is 17.4 Å². The van der Waals surface area contributed by atoms with E-state index in [1.54, 1.807) is 6.92 Å². The van der Waals surface area contributed by atoms with E-state index in [0.29, 0.717) is 12.2 Å². The Bertz CT molecular complexity index is 464. The lowest BCUT2D eigenvalue weighted by Gasteiger charge is -2.48. The minimum Gasteiger partial charge on any atom is -0.456 e. The number of thioether (sulfide) groups is 1. The second-order valence-corrected chi connectivity index (χ2v) is 8.49. The molecule has 0 aliphatic carbocycles. The SMILES string of the molecule is CC1=C(C(=O)OCC(Cl)(Cl)Cl)N2CC(=S)C2SC1N. The Morgan fingerprint density at radius 2 is 2.26 bits per heavy atom. The highest BCUT2D eigenvalue weighted by molar-refractivity contribution is 8.02. The maximum absolute atomic E-state index is 12.1. The van der Waals surface area contributed by atoms with Gasteiger partial charge >= 0.3 is 5.97 Å². The summed E-state index contributed by atoms with van der Waals surface area (Å²) in [5.41, 5.74) is 7.15. The predicted octanol–water partition coefficient (Wildman–Crippen LogP) is 2.22. The van der Waals surface area contributed by atoms with Crippen LogP contribution in [0.15, 0.2) is 11.3 Å². The molecule has 0 amide bonds. The van der Waals surface area contributed by atoms with Gasteiger partial charge in [-0.2, -0.15) is 0 Å². The van der Waals surface area contributed by atoms with E-state index in [4.69, 9.17) is 57.5 Å². The number of carbonyl (C=O) groups is 1. The molecule has 2 aliphatic rings. The van der Waals surface area contributed by atoms with Gasteiger partial charge in [0.05, 0.1) is 11.9 Å². The summed E-state index contributed by atoms with van der Waals surface area (Å²) in [5.74, 6) is -0.535. The Hall–Kier alpha value is 0.280. The van der Waals surface area contributed by atoms with E-state index in [0.717, 1.165) is 10.4 Å². The zero-order valence-electron chi connectivity index (χ0n) is 9.86. The second kappa shape index (κ2) is 5.58. The molecule has 0 aromatic carbocycles. The Morgan fingerprint density at radius 1 is 1.63 bits per heavy atom. The van der Waals surface area contributed by atoms with Crippen molar-refractivity contribution < 1.29 is 9.53 Å². The van der Waals surface area contributed by atoms with Crippen LogP contribution in [0.25, 0.3) is 0 Å². The third-order valence-electron chi connectivity index (χ3n) is 2.81. The molecule has 2 atom stereocenters. The van der Waals surface area contributed by atoms with Gasteiger partial charge in [-0.25, -0.2) is 4.79 Å². The molecular formula is C10H11Cl3N2O2S2. The van der Waals surface area contributed by atoms with Gasteiger partial charge in [0.25, 0.3) is 0 Å². The van der Waals surface area contributed by atoms with Crippen LogP contribution in [0.3, 0.4) is 0 Å². The molecule has 2 unspecified atom stereocenters. The molecule has 9 heteroatoms. The lowest BCUT2D eigenvalue weighted by Crippen LogP contribution is -2.59. The number of fused-ring (bicyclic) bond motifs is 1. The zero-order valence-corrected chi connectivity index (χ0v) is 13.8. The highest BCUT2D eigenvalue weighted by Gasteiger charge is 2.44. The lowest BCUT2D eigenvalue weighted by molar-refractivity contribution is -0.141. The smallest absolute Gasteiger partial charge is 0.354 e. The molecule has 2 heterocycles. The first kappa shape index (κ1) is 15.7. The number of hydrogen-bond acceptors (Lipinski definition) is 6. The number of carbonyl (C=O) groups excluding carboxylic acids is 1. The van der Waals surface area contributed by atoms with Gasteiger partial charge in [0.2, 0.25) is 3.79 Å². The van der Waals surface area contributed by atoms with Crippen molar-refractivity contribution >= 4 is 69.6 Å². The van der Waals surface area contributed by atoms with Gasteiger partial charge in [-0.1, -0.05) is 47.0 Å². The summed E-state index contributed by atoms with van der Waals surface area (Å²) >= 11 is 23.4. The van der Waals surface area contributed by atoms with Crippen molar-refractivity contribution in [2.75, 3.05) is 13.2 Å². The van der Waals surface area contributed by atoms with E-state index < -0.39 is 9.76 Å². The Morgan fingerprint density at radius 3 is 2.79 bits per heavy atom. The number of halogens is 3. The van der Waals surface area contributed by atoms with E-state index >= 15 is 0 Å². The van der Waals surface area contributed by atoms with Crippen LogP contribution in [0.1, 0.15) is 6.92 Å². The van der Waals surface area contributed by atoms with Gasteiger partial charge in [-0.15, -0.1) is 11.8 Å². The molecule has 106 valence electrons. The Kier molecular flexibility index (Phi) is 4.60. The maximum atomic E-state index is 12.1.